The zero-order valence-corrected chi connectivity index (χ0v) is 63.2. The number of rotatable bonds is 16. The molecule has 0 spiro atoms. The van der Waals surface area contributed by atoms with Gasteiger partial charge in [0.2, 0.25) is 0 Å². The normalized spacial score (nSPS) is 16.3. The Morgan fingerprint density at radius 1 is 0.350 bits per heavy atom. The highest BCUT2D eigenvalue weighted by molar-refractivity contribution is 6.07. The first-order chi connectivity index (χ1) is 57.0. The molecule has 21 rings (SSSR count). The molecule has 3 unspecified atom stereocenters. The molecule has 0 amide bonds. The number of halogens is 6. The predicted molar refractivity (Wildman–Crippen MR) is 455 cm³/mol. The first-order valence-corrected chi connectivity index (χ1v) is 38.8. The van der Waals surface area contributed by atoms with Gasteiger partial charge in [-0.25, -0.2) is 26.3 Å². The third-order valence-corrected chi connectivity index (χ3v) is 24.4. The van der Waals surface area contributed by atoms with Gasteiger partial charge < -0.3 is 28.1 Å². The monoisotopic (exact) mass is 1530 g/mol. The molecule has 0 N–H and O–H groups in total. The van der Waals surface area contributed by atoms with Gasteiger partial charge in [0.05, 0.1) is 16.9 Å². The van der Waals surface area contributed by atoms with Gasteiger partial charge in [0.15, 0.2) is 34.9 Å². The van der Waals surface area contributed by atoms with Crippen molar-refractivity contribution in [3.05, 3.63) is 442 Å². The molecule has 4 aliphatic rings. The van der Waals surface area contributed by atoms with E-state index in [0.29, 0.717) is 51.7 Å². The minimum atomic E-state index is -1.57. The van der Waals surface area contributed by atoms with E-state index in [1.54, 1.807) is 12.2 Å². The van der Waals surface area contributed by atoms with Gasteiger partial charge >= 0.3 is 0 Å². The minimum Gasteiger partial charge on any atom is -0.457 e. The van der Waals surface area contributed by atoms with Gasteiger partial charge in [0, 0.05) is 62.0 Å². The summed E-state index contributed by atoms with van der Waals surface area (Å²) in [4.78, 5) is 4.57. The van der Waals surface area contributed by atoms with E-state index in [2.05, 4.69) is 140 Å². The molecule has 0 radical (unpaired) electrons. The third kappa shape index (κ3) is 10.9. The van der Waals surface area contributed by atoms with E-state index in [4.69, 9.17) is 18.3 Å². The Kier molecular flexibility index (Phi) is 16.2. The Hall–Kier alpha value is -14.4. The topological polar surface area (TPSA) is 51.2 Å². The summed E-state index contributed by atoms with van der Waals surface area (Å²) >= 11 is 0. The third-order valence-electron chi connectivity index (χ3n) is 24.4. The fourth-order valence-electron chi connectivity index (χ4n) is 19.1. The number of anilines is 5. The van der Waals surface area contributed by atoms with E-state index < -0.39 is 51.1 Å². The first kappa shape index (κ1) is 70.5. The average Bonchev–Trinajstić information content (AvgIpc) is 1.54. The Balaban J connectivity index is 0.721. The zero-order chi connectivity index (χ0) is 79.3. The lowest BCUT2D eigenvalue weighted by molar-refractivity contribution is 0.443. The number of nitrogens with zero attached hydrogens (tertiary/aromatic N) is 2. The van der Waals surface area contributed by atoms with Crippen molar-refractivity contribution < 1.29 is 44.7 Å². The lowest BCUT2D eigenvalue weighted by atomic mass is 9.67. The Bertz CT molecular complexity index is 6990. The van der Waals surface area contributed by atoms with Crippen LogP contribution in [0, 0.1) is 34.9 Å². The summed E-state index contributed by atoms with van der Waals surface area (Å²) in [6.45, 7) is 12.3. The molecule has 0 saturated heterocycles. The van der Waals surface area contributed by atoms with Gasteiger partial charge in [0.1, 0.15) is 45.5 Å². The molecule has 117 heavy (non-hydrogen) atoms. The molecular formula is C105H68F6N2O4. The van der Waals surface area contributed by atoms with Crippen molar-refractivity contribution in [2.75, 3.05) is 9.80 Å². The molecule has 0 saturated carbocycles. The summed E-state index contributed by atoms with van der Waals surface area (Å²) in [6.07, 6.45) is 8.30. The highest BCUT2D eigenvalue weighted by Gasteiger charge is 2.50. The maximum Gasteiger partial charge on any atom is 0.194 e. The van der Waals surface area contributed by atoms with Crippen LogP contribution in [0.1, 0.15) is 91.9 Å². The minimum absolute atomic E-state index is 0.191. The molecule has 564 valence electrons. The number of furan rings is 2. The zero-order valence-electron chi connectivity index (χ0n) is 63.2. The second-order valence-electron chi connectivity index (χ2n) is 31.0. The maximum atomic E-state index is 16.4. The van der Waals surface area contributed by atoms with Crippen LogP contribution in [0.5, 0.6) is 23.0 Å². The van der Waals surface area contributed by atoms with Crippen LogP contribution in [0.2, 0.25) is 0 Å². The number of fused-ring (bicyclic) bond motifs is 15. The van der Waals surface area contributed by atoms with E-state index in [1.807, 2.05) is 194 Å². The summed E-state index contributed by atoms with van der Waals surface area (Å²) < 4.78 is 122. The molecule has 15 aromatic carbocycles. The summed E-state index contributed by atoms with van der Waals surface area (Å²) in [5.41, 5.74) is 17.8. The molecule has 2 aromatic heterocycles. The number of hydrogen-bond donors (Lipinski definition) is 0. The van der Waals surface area contributed by atoms with E-state index in [0.717, 1.165) is 164 Å². The van der Waals surface area contributed by atoms with E-state index >= 15 is 26.3 Å². The largest absolute Gasteiger partial charge is 0.457 e. The molecule has 17 aromatic rings. The van der Waals surface area contributed by atoms with Crippen LogP contribution in [0.3, 0.4) is 0 Å². The van der Waals surface area contributed by atoms with Crippen LogP contribution in [0.4, 0.5) is 54.8 Å². The number of hydrogen-bond acceptors (Lipinski definition) is 6. The fourth-order valence-corrected chi connectivity index (χ4v) is 19.1. The maximum absolute atomic E-state index is 16.4. The van der Waals surface area contributed by atoms with Crippen molar-refractivity contribution in [3.63, 3.8) is 0 Å². The quantitative estimate of drug-likeness (QED) is 0.0710. The van der Waals surface area contributed by atoms with Crippen molar-refractivity contribution in [1.82, 2.24) is 0 Å². The van der Waals surface area contributed by atoms with E-state index in [9.17, 15) is 0 Å². The Labute approximate surface area is 670 Å². The smallest absolute Gasteiger partial charge is 0.194 e. The van der Waals surface area contributed by atoms with Crippen molar-refractivity contribution >= 4 is 79.6 Å². The summed E-state index contributed by atoms with van der Waals surface area (Å²) in [6, 6.07) is 98.2. The van der Waals surface area contributed by atoms with Gasteiger partial charge in [-0.05, 0) is 258 Å². The van der Waals surface area contributed by atoms with Crippen molar-refractivity contribution in [2.24, 2.45) is 0 Å². The van der Waals surface area contributed by atoms with Gasteiger partial charge in [0.25, 0.3) is 0 Å². The summed E-state index contributed by atoms with van der Waals surface area (Å²) in [7, 11) is 0. The lowest BCUT2D eigenvalue weighted by Gasteiger charge is -2.37. The van der Waals surface area contributed by atoms with Gasteiger partial charge in [-0.1, -0.05) is 203 Å². The van der Waals surface area contributed by atoms with Gasteiger partial charge in [-0.15, -0.1) is 0 Å². The summed E-state index contributed by atoms with van der Waals surface area (Å²) in [5.74, 6) is -5.35. The second kappa shape index (κ2) is 26.9. The predicted octanol–water partition coefficient (Wildman–Crippen LogP) is 28.3. The molecule has 0 aliphatic heterocycles. The first-order valence-electron chi connectivity index (χ1n) is 38.8. The fraction of sp³-hybridized carbons (Fsp3) is 0.0667. The molecular weight excluding hydrogens is 1470 g/mol. The van der Waals surface area contributed by atoms with Crippen LogP contribution in [-0.4, -0.2) is 6.04 Å². The SMILES string of the molecule is C=Cc1ccc(Oc2ccc(C3(c4cc(F)c(F)c(F)c4)c4ccccc4-c4ccc(N(c5ccc6c(c5)C(C)(C)c5cc(N(c7ccc8c(c7)C(c7ccc(Oc9ccc(C=C)cc9)cc7)(c7cc(F)c(F)c(F)c7)c7ccccc7-8)C7C=Cc8oc9ccccc9c8C7)ccc5-6)c5ccc6oc7ccccc7c6c5)cc43)cc2)cc1. The van der Waals surface area contributed by atoms with E-state index in [-0.39, 0.29) is 17.2 Å². The molecule has 0 fully saturated rings. The van der Waals surface area contributed by atoms with Gasteiger partial charge in [-0.2, -0.15) is 0 Å². The highest BCUT2D eigenvalue weighted by atomic mass is 19.2. The molecule has 12 heteroatoms. The number of ether oxygens (including phenoxy) is 2. The van der Waals surface area contributed by atoms with Crippen molar-refractivity contribution in [2.45, 2.75) is 42.6 Å². The number of para-hydroxylation sites is 2. The molecule has 6 nitrogen and oxygen atoms in total. The Morgan fingerprint density at radius 2 is 0.726 bits per heavy atom. The van der Waals surface area contributed by atoms with Crippen LogP contribution in [0.25, 0.3) is 84.5 Å². The lowest BCUT2D eigenvalue weighted by Crippen LogP contribution is -2.34. The highest BCUT2D eigenvalue weighted by Crippen LogP contribution is 2.61. The van der Waals surface area contributed by atoms with Crippen LogP contribution in [0.15, 0.2) is 337 Å². The Morgan fingerprint density at radius 3 is 1.22 bits per heavy atom. The summed E-state index contributed by atoms with van der Waals surface area (Å²) in [5, 5.41) is 2.83. The molecule has 4 aliphatic carbocycles. The van der Waals surface area contributed by atoms with Crippen LogP contribution >= 0.6 is 0 Å². The van der Waals surface area contributed by atoms with E-state index in [1.165, 1.54) is 0 Å². The van der Waals surface area contributed by atoms with Crippen molar-refractivity contribution in [1.29, 1.82) is 0 Å². The molecule has 3 atom stereocenters. The molecule has 2 heterocycles. The van der Waals surface area contributed by atoms with Crippen molar-refractivity contribution in [3.8, 4) is 56.4 Å². The second-order valence-corrected chi connectivity index (χ2v) is 31.0. The molecule has 0 bridgehead atoms. The average molecular weight is 1540 g/mol. The van der Waals surface area contributed by atoms with Crippen LogP contribution < -0.4 is 19.3 Å². The standard InChI is InChI=1S/C105H68F6N2O4/c1-5-61-23-37-73(38-24-61)114-75-41-27-63(28-42-75)104(65-51-93(106)101(110)94(107)52-65)87-19-11-7-15-77(87)81-47-33-71(59-91(81)104)112(67-35-49-99-85(55-67)83-17-9-13-21-97(83)116-99)69-31-45-79-80-46-32-70(58-90(80)103(3,4)89(79)57-69)113(68-36-50-100-86(56-68)84-18-10-14-22-98(84)117-100)72-34-48-82-78-16-8-12-20-88(78)105(92(82)60-72,66-53-95(108)102(111)96(109)54-66)64-29-43-76(44-30-64)115-74-39-25-62(6-2)26-40-74/h5-55,57-60,68H,1-2,56H2,3-4H3. The number of benzene rings is 15. The van der Waals surface area contributed by atoms with Crippen LogP contribution in [-0.2, 0) is 22.7 Å². The van der Waals surface area contributed by atoms with Gasteiger partial charge in [-0.3, -0.25) is 0 Å².